The first-order valence-electron chi connectivity index (χ1n) is 4.65. The number of terminal acetylenes is 1. The Bertz CT molecular complexity index is 388. The summed E-state index contributed by atoms with van der Waals surface area (Å²) >= 11 is 3.51. The van der Waals surface area contributed by atoms with Gasteiger partial charge in [-0.1, -0.05) is 18.1 Å². The molecular weight excluding hydrogens is 222 g/mol. The molecule has 3 heteroatoms. The third kappa shape index (κ3) is 2.48. The van der Waals surface area contributed by atoms with Gasteiger partial charge in [0, 0.05) is 9.75 Å². The standard InChI is InChI=1S/C12H11NS2/c1-2-7-13-12(10-5-3-8-14-10)11-6-4-9-15-11/h1,3-6,8-9,12-13H,7H2. The van der Waals surface area contributed by atoms with Crippen LogP contribution < -0.4 is 5.32 Å². The molecule has 0 fully saturated rings. The highest BCUT2D eigenvalue weighted by atomic mass is 32.1. The molecule has 1 N–H and O–H groups in total. The number of rotatable bonds is 4. The fourth-order valence-electron chi connectivity index (χ4n) is 1.41. The van der Waals surface area contributed by atoms with E-state index >= 15 is 0 Å². The zero-order valence-electron chi connectivity index (χ0n) is 8.14. The predicted molar refractivity (Wildman–Crippen MR) is 67.3 cm³/mol. The zero-order chi connectivity index (χ0) is 10.5. The smallest absolute Gasteiger partial charge is 0.0772 e. The van der Waals surface area contributed by atoms with E-state index in [-0.39, 0.29) is 6.04 Å². The van der Waals surface area contributed by atoms with Gasteiger partial charge >= 0.3 is 0 Å². The van der Waals surface area contributed by atoms with Crippen LogP contribution >= 0.6 is 22.7 Å². The monoisotopic (exact) mass is 233 g/mol. The fourth-order valence-corrected chi connectivity index (χ4v) is 3.12. The van der Waals surface area contributed by atoms with Crippen LogP contribution in [0.5, 0.6) is 0 Å². The third-order valence-corrected chi connectivity index (χ3v) is 3.94. The van der Waals surface area contributed by atoms with Crippen molar-refractivity contribution in [3.63, 3.8) is 0 Å². The van der Waals surface area contributed by atoms with Gasteiger partial charge in [-0.2, -0.15) is 0 Å². The SMILES string of the molecule is C#CCNC(c1cccs1)c1cccs1. The van der Waals surface area contributed by atoms with E-state index in [0.717, 1.165) is 0 Å². The first kappa shape index (κ1) is 10.4. The quantitative estimate of drug-likeness (QED) is 0.800. The van der Waals surface area contributed by atoms with Gasteiger partial charge in [0.2, 0.25) is 0 Å². The zero-order valence-corrected chi connectivity index (χ0v) is 9.78. The topological polar surface area (TPSA) is 12.0 Å². The Morgan fingerprint density at radius 3 is 2.20 bits per heavy atom. The molecule has 0 saturated carbocycles. The molecule has 2 aromatic heterocycles. The first-order valence-corrected chi connectivity index (χ1v) is 6.41. The Balaban J connectivity index is 2.22. The largest absolute Gasteiger partial charge is 0.294 e. The summed E-state index contributed by atoms with van der Waals surface area (Å²) < 4.78 is 0. The van der Waals surface area contributed by atoms with Crippen molar-refractivity contribution in [1.82, 2.24) is 5.32 Å². The maximum absolute atomic E-state index is 5.28. The van der Waals surface area contributed by atoms with Gasteiger partial charge in [-0.05, 0) is 22.9 Å². The van der Waals surface area contributed by atoms with Crippen LogP contribution in [0.25, 0.3) is 0 Å². The van der Waals surface area contributed by atoms with E-state index in [1.165, 1.54) is 9.75 Å². The molecule has 0 spiro atoms. The lowest BCUT2D eigenvalue weighted by atomic mass is 10.2. The van der Waals surface area contributed by atoms with Crippen molar-refractivity contribution in [2.24, 2.45) is 0 Å². The highest BCUT2D eigenvalue weighted by Crippen LogP contribution is 2.28. The Hall–Kier alpha value is -1.08. The summed E-state index contributed by atoms with van der Waals surface area (Å²) in [5.41, 5.74) is 0. The van der Waals surface area contributed by atoms with Gasteiger partial charge in [0.05, 0.1) is 12.6 Å². The van der Waals surface area contributed by atoms with Gasteiger partial charge in [0.15, 0.2) is 0 Å². The van der Waals surface area contributed by atoms with Crippen molar-refractivity contribution in [1.29, 1.82) is 0 Å². The molecule has 2 heterocycles. The van der Waals surface area contributed by atoms with Crippen LogP contribution in [0.1, 0.15) is 15.8 Å². The van der Waals surface area contributed by atoms with E-state index in [9.17, 15) is 0 Å². The summed E-state index contributed by atoms with van der Waals surface area (Å²) in [6.45, 7) is 0.598. The van der Waals surface area contributed by atoms with Crippen LogP contribution in [0.15, 0.2) is 35.0 Å². The summed E-state index contributed by atoms with van der Waals surface area (Å²) in [5.74, 6) is 2.62. The fraction of sp³-hybridized carbons (Fsp3) is 0.167. The van der Waals surface area contributed by atoms with E-state index in [0.29, 0.717) is 6.54 Å². The molecule has 0 aliphatic carbocycles. The number of hydrogen-bond donors (Lipinski definition) is 1. The lowest BCUT2D eigenvalue weighted by molar-refractivity contribution is 0.680. The van der Waals surface area contributed by atoms with Crippen molar-refractivity contribution in [2.45, 2.75) is 6.04 Å². The van der Waals surface area contributed by atoms with Crippen LogP contribution in [-0.2, 0) is 0 Å². The highest BCUT2D eigenvalue weighted by molar-refractivity contribution is 7.11. The van der Waals surface area contributed by atoms with Gasteiger partial charge in [-0.15, -0.1) is 29.1 Å². The van der Waals surface area contributed by atoms with Crippen molar-refractivity contribution in [2.75, 3.05) is 6.54 Å². The molecule has 0 atom stereocenters. The van der Waals surface area contributed by atoms with Crippen LogP contribution in [-0.4, -0.2) is 6.54 Å². The maximum atomic E-state index is 5.28. The summed E-state index contributed by atoms with van der Waals surface area (Å²) in [5, 5.41) is 7.54. The Labute approximate surface area is 97.8 Å². The summed E-state index contributed by atoms with van der Waals surface area (Å²) in [7, 11) is 0. The summed E-state index contributed by atoms with van der Waals surface area (Å²) in [4.78, 5) is 2.63. The van der Waals surface area contributed by atoms with Gasteiger partial charge in [-0.25, -0.2) is 0 Å². The second kappa shape index (κ2) is 5.13. The van der Waals surface area contributed by atoms with Gasteiger partial charge in [0.25, 0.3) is 0 Å². The molecule has 0 aromatic carbocycles. The molecule has 0 aliphatic rings. The number of thiophene rings is 2. The molecule has 0 amide bonds. The minimum atomic E-state index is 0.251. The Morgan fingerprint density at radius 1 is 1.20 bits per heavy atom. The van der Waals surface area contributed by atoms with Gasteiger partial charge < -0.3 is 0 Å². The second-order valence-electron chi connectivity index (χ2n) is 3.05. The molecule has 2 aromatic rings. The van der Waals surface area contributed by atoms with Crippen molar-refractivity contribution in [3.05, 3.63) is 44.8 Å². The van der Waals surface area contributed by atoms with Crippen molar-refractivity contribution in [3.8, 4) is 12.3 Å². The predicted octanol–water partition coefficient (Wildman–Crippen LogP) is 3.12. The lowest BCUT2D eigenvalue weighted by Gasteiger charge is -2.13. The van der Waals surface area contributed by atoms with Gasteiger partial charge in [-0.3, -0.25) is 5.32 Å². The molecule has 0 radical (unpaired) electrons. The molecular formula is C12H11NS2. The average molecular weight is 233 g/mol. The number of nitrogens with one attached hydrogen (secondary N) is 1. The normalized spacial score (nSPS) is 10.4. The molecule has 15 heavy (non-hydrogen) atoms. The minimum Gasteiger partial charge on any atom is -0.294 e. The average Bonchev–Trinajstić information content (AvgIpc) is 2.90. The molecule has 0 bridgehead atoms. The van der Waals surface area contributed by atoms with Crippen molar-refractivity contribution >= 4 is 22.7 Å². The molecule has 2 rings (SSSR count). The number of hydrogen-bond acceptors (Lipinski definition) is 3. The Kier molecular flexibility index (Phi) is 3.57. The highest BCUT2D eigenvalue weighted by Gasteiger charge is 2.14. The van der Waals surface area contributed by atoms with Crippen molar-refractivity contribution < 1.29 is 0 Å². The van der Waals surface area contributed by atoms with Crippen LogP contribution in [0.4, 0.5) is 0 Å². The molecule has 76 valence electrons. The van der Waals surface area contributed by atoms with Gasteiger partial charge in [0.1, 0.15) is 0 Å². The molecule has 0 saturated heterocycles. The molecule has 0 aliphatic heterocycles. The van der Waals surface area contributed by atoms with Crippen LogP contribution in [0.3, 0.4) is 0 Å². The van der Waals surface area contributed by atoms with E-state index in [2.05, 4.69) is 46.3 Å². The minimum absolute atomic E-state index is 0.251. The maximum Gasteiger partial charge on any atom is 0.0772 e. The third-order valence-electron chi connectivity index (χ3n) is 2.06. The molecule has 0 unspecified atom stereocenters. The lowest BCUT2D eigenvalue weighted by Crippen LogP contribution is -2.20. The van der Waals surface area contributed by atoms with E-state index in [1.54, 1.807) is 22.7 Å². The molecule has 1 nitrogen and oxygen atoms in total. The van der Waals surface area contributed by atoms with Crippen LogP contribution in [0, 0.1) is 12.3 Å². The second-order valence-corrected chi connectivity index (χ2v) is 5.01. The summed E-state index contributed by atoms with van der Waals surface area (Å²) in [6.07, 6.45) is 5.28. The van der Waals surface area contributed by atoms with Crippen LogP contribution in [0.2, 0.25) is 0 Å². The van der Waals surface area contributed by atoms with E-state index in [1.807, 2.05) is 0 Å². The van der Waals surface area contributed by atoms with E-state index < -0.39 is 0 Å². The summed E-state index contributed by atoms with van der Waals surface area (Å²) in [6, 6.07) is 8.66. The Morgan fingerprint density at radius 2 is 1.80 bits per heavy atom. The van der Waals surface area contributed by atoms with E-state index in [4.69, 9.17) is 6.42 Å². The first-order chi connectivity index (χ1) is 7.42.